The Hall–Kier alpha value is -0.450. The number of halogens is 2. The zero-order valence-corrected chi connectivity index (χ0v) is 12.0. The van der Waals surface area contributed by atoms with Gasteiger partial charge < -0.3 is 10.8 Å². The highest BCUT2D eigenvalue weighted by atomic mass is 79.9. The van der Waals surface area contributed by atoms with Crippen LogP contribution in [-0.2, 0) is 6.42 Å². The van der Waals surface area contributed by atoms with E-state index in [2.05, 4.69) is 15.9 Å². The van der Waals surface area contributed by atoms with Gasteiger partial charge in [-0.05, 0) is 23.1 Å². The van der Waals surface area contributed by atoms with Gasteiger partial charge in [0.05, 0.1) is 5.60 Å². The van der Waals surface area contributed by atoms with E-state index in [0.717, 1.165) is 5.56 Å². The number of rotatable bonds is 3. The maximum absolute atomic E-state index is 13.0. The standard InChI is InChI=1S/C13H19BrFNO/c1-12(2,3)13(17,8-16)7-9-4-5-10(15)6-11(9)14/h4-6,17H,7-8,16H2,1-3H3. The van der Waals surface area contributed by atoms with E-state index in [-0.39, 0.29) is 17.8 Å². The van der Waals surface area contributed by atoms with Crippen molar-refractivity contribution >= 4 is 15.9 Å². The number of benzene rings is 1. The number of hydrogen-bond acceptors (Lipinski definition) is 2. The van der Waals surface area contributed by atoms with Gasteiger partial charge in [0.15, 0.2) is 0 Å². The van der Waals surface area contributed by atoms with Crippen molar-refractivity contribution in [2.24, 2.45) is 11.1 Å². The highest BCUT2D eigenvalue weighted by Gasteiger charge is 2.39. The van der Waals surface area contributed by atoms with Crippen molar-refractivity contribution in [1.82, 2.24) is 0 Å². The van der Waals surface area contributed by atoms with E-state index in [1.165, 1.54) is 12.1 Å². The Kier molecular flexibility index (Phi) is 4.33. The molecule has 0 aliphatic heterocycles. The molecular formula is C13H19BrFNO. The Bertz CT molecular complexity index is 403. The molecule has 0 amide bonds. The first-order chi connectivity index (χ1) is 7.69. The molecule has 0 radical (unpaired) electrons. The lowest BCUT2D eigenvalue weighted by Crippen LogP contribution is -2.50. The minimum absolute atomic E-state index is 0.167. The summed E-state index contributed by atoms with van der Waals surface area (Å²) in [7, 11) is 0. The molecule has 0 saturated heterocycles. The summed E-state index contributed by atoms with van der Waals surface area (Å²) in [5.74, 6) is -0.298. The second-order valence-electron chi connectivity index (χ2n) is 5.40. The molecule has 0 aliphatic rings. The molecule has 0 aromatic heterocycles. The minimum Gasteiger partial charge on any atom is -0.388 e. The third-order valence-electron chi connectivity index (χ3n) is 3.23. The first-order valence-corrected chi connectivity index (χ1v) is 6.35. The fourth-order valence-corrected chi connectivity index (χ4v) is 2.11. The summed E-state index contributed by atoms with van der Waals surface area (Å²) < 4.78 is 13.6. The molecule has 4 heteroatoms. The zero-order valence-electron chi connectivity index (χ0n) is 10.4. The predicted octanol–water partition coefficient (Wildman–Crippen LogP) is 2.87. The van der Waals surface area contributed by atoms with E-state index in [4.69, 9.17) is 5.73 Å². The Balaban J connectivity index is 3.03. The SMILES string of the molecule is CC(C)(C)C(O)(CN)Cc1ccc(F)cc1Br. The van der Waals surface area contributed by atoms with E-state index in [1.807, 2.05) is 20.8 Å². The molecule has 0 spiro atoms. The van der Waals surface area contributed by atoms with Gasteiger partial charge in [0.2, 0.25) is 0 Å². The molecule has 0 saturated carbocycles. The fraction of sp³-hybridized carbons (Fsp3) is 0.538. The van der Waals surface area contributed by atoms with Gasteiger partial charge in [-0.15, -0.1) is 0 Å². The molecule has 1 atom stereocenters. The van der Waals surface area contributed by atoms with Gasteiger partial charge in [0.25, 0.3) is 0 Å². The van der Waals surface area contributed by atoms with Crippen molar-refractivity contribution < 1.29 is 9.50 Å². The summed E-state index contributed by atoms with van der Waals surface area (Å²) in [6, 6.07) is 4.46. The van der Waals surface area contributed by atoms with Crippen LogP contribution >= 0.6 is 15.9 Å². The normalized spacial score (nSPS) is 15.7. The number of nitrogens with two attached hydrogens (primary N) is 1. The summed E-state index contributed by atoms with van der Waals surface area (Å²) in [5, 5.41) is 10.6. The molecule has 96 valence electrons. The van der Waals surface area contributed by atoms with Crippen LogP contribution in [0.1, 0.15) is 26.3 Å². The van der Waals surface area contributed by atoms with Gasteiger partial charge >= 0.3 is 0 Å². The predicted molar refractivity (Wildman–Crippen MR) is 71.3 cm³/mol. The second-order valence-corrected chi connectivity index (χ2v) is 6.25. The van der Waals surface area contributed by atoms with Crippen molar-refractivity contribution in [2.45, 2.75) is 32.8 Å². The van der Waals surface area contributed by atoms with E-state index in [0.29, 0.717) is 10.9 Å². The third-order valence-corrected chi connectivity index (χ3v) is 3.97. The summed E-state index contributed by atoms with van der Waals surface area (Å²) in [6.45, 7) is 5.99. The van der Waals surface area contributed by atoms with Gasteiger partial charge in [0.1, 0.15) is 5.82 Å². The average molecular weight is 304 g/mol. The lowest BCUT2D eigenvalue weighted by molar-refractivity contribution is -0.0491. The van der Waals surface area contributed by atoms with Crippen LogP contribution in [0.25, 0.3) is 0 Å². The van der Waals surface area contributed by atoms with E-state index >= 15 is 0 Å². The number of hydrogen-bond donors (Lipinski definition) is 2. The molecule has 0 aliphatic carbocycles. The summed E-state index contributed by atoms with van der Waals surface area (Å²) in [4.78, 5) is 0. The maximum Gasteiger partial charge on any atom is 0.124 e. The van der Waals surface area contributed by atoms with Crippen LogP contribution in [-0.4, -0.2) is 17.3 Å². The van der Waals surface area contributed by atoms with Crippen molar-refractivity contribution in [3.8, 4) is 0 Å². The van der Waals surface area contributed by atoms with Crippen LogP contribution in [0.2, 0.25) is 0 Å². The second kappa shape index (κ2) is 5.04. The molecule has 0 bridgehead atoms. The van der Waals surface area contributed by atoms with Crippen LogP contribution in [0.4, 0.5) is 4.39 Å². The topological polar surface area (TPSA) is 46.2 Å². The van der Waals surface area contributed by atoms with Crippen LogP contribution in [0, 0.1) is 11.2 Å². The van der Waals surface area contributed by atoms with E-state index in [1.54, 1.807) is 6.07 Å². The molecule has 1 rings (SSSR count). The maximum atomic E-state index is 13.0. The first-order valence-electron chi connectivity index (χ1n) is 5.56. The van der Waals surface area contributed by atoms with Gasteiger partial charge in [-0.2, -0.15) is 0 Å². The van der Waals surface area contributed by atoms with Gasteiger partial charge in [-0.1, -0.05) is 42.8 Å². The smallest absolute Gasteiger partial charge is 0.124 e. The third kappa shape index (κ3) is 3.27. The molecule has 1 aromatic carbocycles. The molecule has 2 nitrogen and oxygen atoms in total. The molecule has 1 aromatic rings. The average Bonchev–Trinajstić information content (AvgIpc) is 2.20. The highest BCUT2D eigenvalue weighted by molar-refractivity contribution is 9.10. The Labute approximate surface area is 110 Å². The minimum atomic E-state index is -1.01. The highest BCUT2D eigenvalue weighted by Crippen LogP contribution is 2.34. The van der Waals surface area contributed by atoms with E-state index < -0.39 is 5.60 Å². The zero-order chi connectivity index (χ0) is 13.3. The van der Waals surface area contributed by atoms with Crippen molar-refractivity contribution in [1.29, 1.82) is 0 Å². The Morgan fingerprint density at radius 3 is 2.35 bits per heavy atom. The summed E-state index contributed by atoms with van der Waals surface area (Å²) >= 11 is 3.30. The van der Waals surface area contributed by atoms with Crippen LogP contribution in [0.3, 0.4) is 0 Å². The Morgan fingerprint density at radius 1 is 1.35 bits per heavy atom. The summed E-state index contributed by atoms with van der Waals surface area (Å²) in [6.07, 6.45) is 0.397. The van der Waals surface area contributed by atoms with Gasteiger partial charge in [-0.3, -0.25) is 0 Å². The van der Waals surface area contributed by atoms with Crippen LogP contribution in [0.15, 0.2) is 22.7 Å². The van der Waals surface area contributed by atoms with Gasteiger partial charge in [-0.25, -0.2) is 4.39 Å². The quantitative estimate of drug-likeness (QED) is 0.902. The molecule has 3 N–H and O–H groups in total. The molecular weight excluding hydrogens is 285 g/mol. The lowest BCUT2D eigenvalue weighted by Gasteiger charge is -2.39. The van der Waals surface area contributed by atoms with Crippen molar-refractivity contribution in [3.63, 3.8) is 0 Å². The van der Waals surface area contributed by atoms with E-state index in [9.17, 15) is 9.50 Å². The van der Waals surface area contributed by atoms with Crippen molar-refractivity contribution in [3.05, 3.63) is 34.1 Å². The lowest BCUT2D eigenvalue weighted by atomic mass is 9.73. The Morgan fingerprint density at radius 2 is 1.94 bits per heavy atom. The first kappa shape index (κ1) is 14.6. The largest absolute Gasteiger partial charge is 0.388 e. The van der Waals surface area contributed by atoms with Crippen LogP contribution in [0.5, 0.6) is 0 Å². The monoisotopic (exact) mass is 303 g/mol. The fourth-order valence-electron chi connectivity index (χ4n) is 1.62. The molecule has 17 heavy (non-hydrogen) atoms. The number of aliphatic hydroxyl groups is 1. The molecule has 0 fully saturated rings. The summed E-state index contributed by atoms with van der Waals surface area (Å²) in [5.41, 5.74) is 5.19. The molecule has 0 heterocycles. The van der Waals surface area contributed by atoms with Crippen molar-refractivity contribution in [2.75, 3.05) is 6.54 Å². The van der Waals surface area contributed by atoms with Gasteiger partial charge in [0, 0.05) is 17.4 Å². The van der Waals surface area contributed by atoms with Crippen LogP contribution < -0.4 is 5.73 Å². The molecule has 1 unspecified atom stereocenters.